The van der Waals surface area contributed by atoms with E-state index in [9.17, 15) is 0 Å². The van der Waals surface area contributed by atoms with E-state index in [0.29, 0.717) is 12.0 Å². The molecular formula is C49H44N2. The highest BCUT2D eigenvalue weighted by Crippen LogP contribution is 2.42. The van der Waals surface area contributed by atoms with Crippen LogP contribution in [-0.4, -0.2) is 10.6 Å². The summed E-state index contributed by atoms with van der Waals surface area (Å²) in [5.41, 5.74) is 12.0. The van der Waals surface area contributed by atoms with E-state index in [-0.39, 0.29) is 6.04 Å². The van der Waals surface area contributed by atoms with Crippen LogP contribution in [0.5, 0.6) is 0 Å². The predicted octanol–water partition coefficient (Wildman–Crippen LogP) is 12.4. The molecule has 250 valence electrons. The molecule has 51 heavy (non-hydrogen) atoms. The fourth-order valence-corrected chi connectivity index (χ4v) is 8.56. The zero-order valence-electron chi connectivity index (χ0n) is 29.1. The van der Waals surface area contributed by atoms with Gasteiger partial charge in [0, 0.05) is 39.1 Å². The van der Waals surface area contributed by atoms with Gasteiger partial charge < -0.3 is 9.47 Å². The molecule has 0 saturated carbocycles. The number of anilines is 1. The van der Waals surface area contributed by atoms with Gasteiger partial charge in [0.25, 0.3) is 0 Å². The Balaban J connectivity index is 1.08. The Kier molecular flexibility index (Phi) is 8.59. The molecule has 2 heteroatoms. The largest absolute Gasteiger partial charge is 0.335 e. The Hall–Kier alpha value is -5.60. The average Bonchev–Trinajstić information content (AvgIpc) is 3.54. The average molecular weight is 661 g/mol. The fourth-order valence-electron chi connectivity index (χ4n) is 8.56. The lowest BCUT2D eigenvalue weighted by Crippen LogP contribution is -2.34. The topological polar surface area (TPSA) is 8.17 Å². The second-order valence-electron chi connectivity index (χ2n) is 14.3. The zero-order valence-corrected chi connectivity index (χ0v) is 29.1. The van der Waals surface area contributed by atoms with Crippen molar-refractivity contribution in [3.63, 3.8) is 0 Å². The first-order chi connectivity index (χ1) is 25.3. The van der Waals surface area contributed by atoms with Gasteiger partial charge >= 0.3 is 0 Å². The molecule has 6 aromatic rings. The number of rotatable bonds is 8. The SMILES string of the molecule is C1=CC(N(C2=CCC(C3=CC(n4c5ccccc5c5ccccc54)CC(c4ccc(Cc5ccccc5)cc4)=C3)C=C2)c2ccccc2)CCC1. The van der Waals surface area contributed by atoms with E-state index in [4.69, 9.17) is 0 Å². The van der Waals surface area contributed by atoms with Gasteiger partial charge in [0.05, 0.1) is 12.1 Å². The summed E-state index contributed by atoms with van der Waals surface area (Å²) in [5, 5.41) is 2.65. The van der Waals surface area contributed by atoms with Crippen LogP contribution in [0, 0.1) is 5.92 Å². The minimum Gasteiger partial charge on any atom is -0.335 e. The number of para-hydroxylation sites is 3. The van der Waals surface area contributed by atoms with Crippen LogP contribution in [0.3, 0.4) is 0 Å². The molecule has 3 unspecified atom stereocenters. The maximum absolute atomic E-state index is 2.60. The summed E-state index contributed by atoms with van der Waals surface area (Å²) in [4.78, 5) is 2.55. The van der Waals surface area contributed by atoms with Crippen LogP contribution in [-0.2, 0) is 6.42 Å². The molecule has 5 aromatic carbocycles. The molecule has 0 radical (unpaired) electrons. The molecule has 0 spiro atoms. The number of hydrogen-bond acceptors (Lipinski definition) is 1. The van der Waals surface area contributed by atoms with Crippen molar-refractivity contribution in [1.29, 1.82) is 0 Å². The van der Waals surface area contributed by atoms with E-state index < -0.39 is 0 Å². The Morgan fingerprint density at radius 2 is 1.33 bits per heavy atom. The van der Waals surface area contributed by atoms with E-state index in [0.717, 1.165) is 19.3 Å². The Morgan fingerprint density at radius 1 is 0.667 bits per heavy atom. The molecule has 0 aliphatic heterocycles. The van der Waals surface area contributed by atoms with Gasteiger partial charge in [-0.25, -0.2) is 0 Å². The van der Waals surface area contributed by atoms with Gasteiger partial charge in [-0.1, -0.05) is 146 Å². The van der Waals surface area contributed by atoms with Crippen molar-refractivity contribution >= 4 is 33.1 Å². The molecule has 9 rings (SSSR count). The lowest BCUT2D eigenvalue weighted by atomic mass is 9.82. The minimum absolute atomic E-state index is 0.209. The molecule has 1 heterocycles. The summed E-state index contributed by atoms with van der Waals surface area (Å²) >= 11 is 0. The van der Waals surface area contributed by atoms with Crippen molar-refractivity contribution in [3.05, 3.63) is 204 Å². The number of benzene rings is 5. The Morgan fingerprint density at radius 3 is 2.00 bits per heavy atom. The van der Waals surface area contributed by atoms with Gasteiger partial charge in [-0.2, -0.15) is 0 Å². The number of fused-ring (bicyclic) bond motifs is 3. The maximum atomic E-state index is 2.60. The van der Waals surface area contributed by atoms with Crippen LogP contribution in [0.1, 0.15) is 54.8 Å². The van der Waals surface area contributed by atoms with Crippen molar-refractivity contribution < 1.29 is 0 Å². The number of hydrogen-bond donors (Lipinski definition) is 0. The highest BCUT2D eigenvalue weighted by molar-refractivity contribution is 6.08. The lowest BCUT2D eigenvalue weighted by Gasteiger charge is -2.36. The van der Waals surface area contributed by atoms with E-state index in [1.165, 1.54) is 80.3 Å². The molecule has 0 bridgehead atoms. The summed E-state index contributed by atoms with van der Waals surface area (Å²) in [5.74, 6) is 0.316. The van der Waals surface area contributed by atoms with Crippen LogP contribution in [0.15, 0.2) is 187 Å². The number of nitrogens with zero attached hydrogens (tertiary/aromatic N) is 2. The summed E-state index contributed by atoms with van der Waals surface area (Å²) in [7, 11) is 0. The van der Waals surface area contributed by atoms with Gasteiger partial charge in [0.15, 0.2) is 0 Å². The summed E-state index contributed by atoms with van der Waals surface area (Å²) in [6, 6.07) is 49.5. The lowest BCUT2D eigenvalue weighted by molar-refractivity contribution is 0.614. The van der Waals surface area contributed by atoms with Crippen molar-refractivity contribution in [2.75, 3.05) is 4.90 Å². The first kappa shape index (κ1) is 31.4. The standard InChI is InChI=1S/C49H44N2/c1-4-14-36(15-5-1)32-37-24-26-38(27-25-37)40-33-41(35-45(34-40)51-48-22-12-10-20-46(48)47-21-11-13-23-49(47)51)39-28-30-44(31-29-39)50(42-16-6-2-7-17-42)43-18-8-3-9-19-43/h1-2,4-8,10-18,20-28,30-31,33,35,39,43,45H,3,9,19,29,32,34H2. The van der Waals surface area contributed by atoms with E-state index in [1.54, 1.807) is 0 Å². The highest BCUT2D eigenvalue weighted by atomic mass is 15.2. The number of allylic oxidation sites excluding steroid dienone is 8. The van der Waals surface area contributed by atoms with Crippen LogP contribution in [0.2, 0.25) is 0 Å². The molecule has 2 nitrogen and oxygen atoms in total. The second-order valence-corrected chi connectivity index (χ2v) is 14.3. The van der Waals surface area contributed by atoms with Crippen molar-refractivity contribution in [3.8, 4) is 0 Å². The third kappa shape index (κ3) is 6.32. The number of aromatic nitrogens is 1. The molecule has 3 aliphatic carbocycles. The Bertz CT molecular complexity index is 2260. The van der Waals surface area contributed by atoms with E-state index >= 15 is 0 Å². The third-order valence-electron chi connectivity index (χ3n) is 11.1. The maximum Gasteiger partial charge on any atom is 0.0569 e. The first-order valence-corrected chi connectivity index (χ1v) is 18.7. The van der Waals surface area contributed by atoms with Crippen molar-refractivity contribution in [1.82, 2.24) is 4.57 Å². The van der Waals surface area contributed by atoms with Gasteiger partial charge in [0.2, 0.25) is 0 Å². The van der Waals surface area contributed by atoms with Crippen molar-refractivity contribution in [2.45, 2.75) is 50.6 Å². The van der Waals surface area contributed by atoms with E-state index in [2.05, 4.69) is 185 Å². The molecule has 0 saturated heterocycles. The highest BCUT2D eigenvalue weighted by Gasteiger charge is 2.27. The quantitative estimate of drug-likeness (QED) is 0.148. The molecule has 3 atom stereocenters. The molecule has 1 aromatic heterocycles. The Labute approximate surface area is 302 Å². The smallest absolute Gasteiger partial charge is 0.0569 e. The summed E-state index contributed by atoms with van der Waals surface area (Å²) in [6.45, 7) is 0. The van der Waals surface area contributed by atoms with Crippen molar-refractivity contribution in [2.24, 2.45) is 5.92 Å². The van der Waals surface area contributed by atoms with Gasteiger partial charge in [-0.05, 0) is 96.7 Å². The summed E-state index contributed by atoms with van der Waals surface area (Å²) in [6.07, 6.45) is 23.7. The van der Waals surface area contributed by atoms with Crippen LogP contribution >= 0.6 is 0 Å². The second kappa shape index (κ2) is 14.0. The molecule has 0 amide bonds. The van der Waals surface area contributed by atoms with Gasteiger partial charge in [-0.3, -0.25) is 0 Å². The van der Waals surface area contributed by atoms with Gasteiger partial charge in [-0.15, -0.1) is 0 Å². The minimum atomic E-state index is 0.209. The monoisotopic (exact) mass is 660 g/mol. The van der Waals surface area contributed by atoms with Crippen LogP contribution in [0.25, 0.3) is 27.4 Å². The first-order valence-electron chi connectivity index (χ1n) is 18.7. The molecule has 0 N–H and O–H groups in total. The normalized spacial score (nSPS) is 20.2. The third-order valence-corrected chi connectivity index (χ3v) is 11.1. The van der Waals surface area contributed by atoms with Gasteiger partial charge in [0.1, 0.15) is 0 Å². The van der Waals surface area contributed by atoms with Crippen LogP contribution in [0.4, 0.5) is 5.69 Å². The summed E-state index contributed by atoms with van der Waals surface area (Å²) < 4.78 is 2.60. The molecule has 3 aliphatic rings. The molecule has 0 fully saturated rings. The molecular weight excluding hydrogens is 617 g/mol. The van der Waals surface area contributed by atoms with E-state index in [1.807, 2.05) is 0 Å². The fraction of sp³-hybridized carbons (Fsp3) is 0.184. The van der Waals surface area contributed by atoms with Crippen LogP contribution < -0.4 is 4.90 Å². The zero-order chi connectivity index (χ0) is 34.0. The predicted molar refractivity (Wildman–Crippen MR) is 216 cm³/mol.